The Morgan fingerprint density at radius 3 is 2.00 bits per heavy atom. The van der Waals surface area contributed by atoms with E-state index in [9.17, 15) is 8.42 Å². The smallest absolute Gasteiger partial charge is 0.212 e. The SMILES string of the molecule is Cc1cc(C)c(C(C)S(=O)(=O)Cl)cc1C. The van der Waals surface area contributed by atoms with Crippen molar-refractivity contribution in [1.82, 2.24) is 0 Å². The summed E-state index contributed by atoms with van der Waals surface area (Å²) in [6, 6.07) is 3.89. The molecule has 0 amide bonds. The average molecular weight is 247 g/mol. The van der Waals surface area contributed by atoms with Crippen LogP contribution in [0.1, 0.15) is 34.4 Å². The molecule has 0 aliphatic heterocycles. The molecule has 2 nitrogen and oxygen atoms in total. The van der Waals surface area contributed by atoms with Crippen LogP contribution in [-0.4, -0.2) is 8.42 Å². The van der Waals surface area contributed by atoms with Crippen molar-refractivity contribution in [2.24, 2.45) is 0 Å². The van der Waals surface area contributed by atoms with Gasteiger partial charge in [0, 0.05) is 10.7 Å². The van der Waals surface area contributed by atoms with Crippen LogP contribution < -0.4 is 0 Å². The van der Waals surface area contributed by atoms with Crippen LogP contribution in [0.15, 0.2) is 12.1 Å². The molecule has 1 unspecified atom stereocenters. The van der Waals surface area contributed by atoms with Crippen LogP contribution in [0.2, 0.25) is 0 Å². The third kappa shape index (κ3) is 2.73. The minimum Gasteiger partial charge on any atom is -0.212 e. The van der Waals surface area contributed by atoms with Crippen LogP contribution in [-0.2, 0) is 9.05 Å². The van der Waals surface area contributed by atoms with Gasteiger partial charge < -0.3 is 0 Å². The van der Waals surface area contributed by atoms with Crippen LogP contribution in [0.3, 0.4) is 0 Å². The van der Waals surface area contributed by atoms with Crippen molar-refractivity contribution in [2.45, 2.75) is 32.9 Å². The van der Waals surface area contributed by atoms with Crippen LogP contribution in [0.5, 0.6) is 0 Å². The van der Waals surface area contributed by atoms with Crippen LogP contribution in [0.4, 0.5) is 0 Å². The number of hydrogen-bond acceptors (Lipinski definition) is 2. The van der Waals surface area contributed by atoms with Gasteiger partial charge in [-0.3, -0.25) is 0 Å². The molecule has 0 aliphatic carbocycles. The summed E-state index contributed by atoms with van der Waals surface area (Å²) >= 11 is 0. The fourth-order valence-corrected chi connectivity index (χ4v) is 2.42. The van der Waals surface area contributed by atoms with E-state index in [1.807, 2.05) is 32.9 Å². The molecule has 4 heteroatoms. The van der Waals surface area contributed by atoms with Crippen molar-refractivity contribution >= 4 is 19.7 Å². The van der Waals surface area contributed by atoms with Gasteiger partial charge in [0.1, 0.15) is 0 Å². The fourth-order valence-electron chi connectivity index (χ4n) is 1.57. The van der Waals surface area contributed by atoms with Crippen molar-refractivity contribution in [3.8, 4) is 0 Å². The molecule has 1 atom stereocenters. The first-order valence-corrected chi connectivity index (χ1v) is 7.12. The molecule has 1 aromatic rings. The average Bonchev–Trinajstić information content (AvgIpc) is 2.08. The quantitative estimate of drug-likeness (QED) is 0.751. The summed E-state index contributed by atoms with van der Waals surface area (Å²) in [5.41, 5.74) is 4.00. The molecule has 0 saturated carbocycles. The molecule has 0 heterocycles. The maximum Gasteiger partial charge on any atom is 0.239 e. The Morgan fingerprint density at radius 2 is 1.53 bits per heavy atom. The minimum atomic E-state index is -3.54. The third-order valence-corrected chi connectivity index (χ3v) is 4.64. The molecule has 0 aromatic heterocycles. The maximum atomic E-state index is 11.2. The van der Waals surface area contributed by atoms with Crippen molar-refractivity contribution in [3.05, 3.63) is 34.4 Å². The largest absolute Gasteiger partial charge is 0.239 e. The van der Waals surface area contributed by atoms with E-state index in [2.05, 4.69) is 0 Å². The molecular formula is C11H15ClO2S. The van der Waals surface area contributed by atoms with Gasteiger partial charge in [-0.05, 0) is 49.9 Å². The molecule has 0 aliphatic rings. The molecule has 15 heavy (non-hydrogen) atoms. The molecule has 1 rings (SSSR count). The van der Waals surface area contributed by atoms with Gasteiger partial charge in [-0.1, -0.05) is 12.1 Å². The van der Waals surface area contributed by atoms with Gasteiger partial charge in [0.2, 0.25) is 9.05 Å². The van der Waals surface area contributed by atoms with Gasteiger partial charge in [-0.15, -0.1) is 0 Å². The first-order valence-electron chi connectivity index (χ1n) is 4.74. The van der Waals surface area contributed by atoms with E-state index < -0.39 is 14.3 Å². The van der Waals surface area contributed by atoms with E-state index >= 15 is 0 Å². The first-order chi connectivity index (χ1) is 6.73. The number of halogens is 1. The Morgan fingerprint density at radius 1 is 1.07 bits per heavy atom. The van der Waals surface area contributed by atoms with E-state index in [0.717, 1.165) is 22.3 Å². The van der Waals surface area contributed by atoms with Gasteiger partial charge in [-0.2, -0.15) is 0 Å². The van der Waals surface area contributed by atoms with Gasteiger partial charge >= 0.3 is 0 Å². The van der Waals surface area contributed by atoms with Gasteiger partial charge in [0.05, 0.1) is 5.25 Å². The molecule has 0 saturated heterocycles. The Labute approximate surface area is 95.7 Å². The Bertz CT molecular complexity index is 478. The highest BCUT2D eigenvalue weighted by Crippen LogP contribution is 2.29. The molecule has 1 aromatic carbocycles. The van der Waals surface area contributed by atoms with Crippen molar-refractivity contribution in [1.29, 1.82) is 0 Å². The number of benzene rings is 1. The lowest BCUT2D eigenvalue weighted by Gasteiger charge is -2.14. The van der Waals surface area contributed by atoms with Crippen molar-refractivity contribution in [2.75, 3.05) is 0 Å². The Balaban J connectivity index is 3.33. The predicted molar refractivity (Wildman–Crippen MR) is 63.8 cm³/mol. The lowest BCUT2D eigenvalue weighted by atomic mass is 9.99. The van der Waals surface area contributed by atoms with Gasteiger partial charge in [0.25, 0.3) is 0 Å². The second-order valence-corrected chi connectivity index (χ2v) is 6.86. The standard InChI is InChI=1S/C11H15ClO2S/c1-7-5-9(3)11(6-8(7)2)10(4)15(12,13)14/h5-6,10H,1-4H3. The first kappa shape index (κ1) is 12.5. The summed E-state index contributed by atoms with van der Waals surface area (Å²) in [7, 11) is 1.82. The highest BCUT2D eigenvalue weighted by Gasteiger charge is 2.21. The topological polar surface area (TPSA) is 34.1 Å². The second-order valence-electron chi connectivity index (χ2n) is 3.91. The van der Waals surface area contributed by atoms with Crippen LogP contribution in [0.25, 0.3) is 0 Å². The predicted octanol–water partition coefficient (Wildman–Crippen LogP) is 3.24. The van der Waals surface area contributed by atoms with Crippen LogP contribution >= 0.6 is 10.7 Å². The zero-order chi connectivity index (χ0) is 11.8. The maximum absolute atomic E-state index is 11.2. The lowest BCUT2D eigenvalue weighted by Crippen LogP contribution is -2.05. The lowest BCUT2D eigenvalue weighted by molar-refractivity contribution is 0.600. The minimum absolute atomic E-state index is 0.654. The van der Waals surface area contributed by atoms with Gasteiger partial charge in [0.15, 0.2) is 0 Å². The zero-order valence-corrected chi connectivity index (χ0v) is 10.9. The summed E-state index contributed by atoms with van der Waals surface area (Å²) in [6.07, 6.45) is 0. The summed E-state index contributed by atoms with van der Waals surface area (Å²) in [6.45, 7) is 7.48. The summed E-state index contributed by atoms with van der Waals surface area (Å²) in [5.74, 6) is 0. The molecule has 0 fully saturated rings. The van der Waals surface area contributed by atoms with Gasteiger partial charge in [-0.25, -0.2) is 8.42 Å². The van der Waals surface area contributed by atoms with E-state index in [-0.39, 0.29) is 0 Å². The molecule has 0 radical (unpaired) electrons. The number of aryl methyl sites for hydroxylation is 3. The van der Waals surface area contributed by atoms with E-state index in [4.69, 9.17) is 10.7 Å². The highest BCUT2D eigenvalue weighted by molar-refractivity contribution is 8.13. The molecule has 0 spiro atoms. The Hall–Kier alpha value is -0.540. The summed E-state index contributed by atoms with van der Waals surface area (Å²) in [4.78, 5) is 0. The monoisotopic (exact) mass is 246 g/mol. The summed E-state index contributed by atoms with van der Waals surface area (Å²) < 4.78 is 22.5. The highest BCUT2D eigenvalue weighted by atomic mass is 35.7. The van der Waals surface area contributed by atoms with E-state index in [0.29, 0.717) is 0 Å². The molecule has 0 bridgehead atoms. The van der Waals surface area contributed by atoms with Crippen LogP contribution in [0, 0.1) is 20.8 Å². The normalized spacial score (nSPS) is 13.9. The number of rotatable bonds is 2. The second kappa shape index (κ2) is 4.14. The van der Waals surface area contributed by atoms with E-state index in [1.54, 1.807) is 6.92 Å². The fraction of sp³-hybridized carbons (Fsp3) is 0.455. The Kier molecular flexibility index (Phi) is 3.46. The number of hydrogen-bond donors (Lipinski definition) is 0. The summed E-state index contributed by atoms with van der Waals surface area (Å²) in [5, 5.41) is -0.654. The zero-order valence-electron chi connectivity index (χ0n) is 9.33. The molecule has 0 N–H and O–H groups in total. The molecule has 84 valence electrons. The molecular weight excluding hydrogens is 232 g/mol. The van der Waals surface area contributed by atoms with Crippen molar-refractivity contribution in [3.63, 3.8) is 0 Å². The van der Waals surface area contributed by atoms with E-state index in [1.165, 1.54) is 0 Å². The third-order valence-electron chi connectivity index (χ3n) is 2.74. The van der Waals surface area contributed by atoms with Crippen molar-refractivity contribution < 1.29 is 8.42 Å².